The number of carbonyl (C=O) groups is 1. The van der Waals surface area contributed by atoms with Crippen LogP contribution in [-0.2, 0) is 12.8 Å². The molecule has 3 aromatic rings. The lowest BCUT2D eigenvalue weighted by Crippen LogP contribution is -2.12. The quantitative estimate of drug-likeness (QED) is 0.785. The van der Waals surface area contributed by atoms with Crippen molar-refractivity contribution in [3.63, 3.8) is 0 Å². The van der Waals surface area contributed by atoms with Crippen LogP contribution in [0, 0.1) is 13.8 Å². The van der Waals surface area contributed by atoms with Crippen LogP contribution < -0.4 is 5.32 Å². The number of hydrogen-bond acceptors (Lipinski definition) is 2. The number of aromatic nitrogens is 2. The van der Waals surface area contributed by atoms with Crippen molar-refractivity contribution >= 4 is 17.2 Å². The van der Waals surface area contributed by atoms with Gasteiger partial charge in [0.05, 0.1) is 5.56 Å². The highest BCUT2D eigenvalue weighted by Crippen LogP contribution is 2.25. The number of benzene rings is 1. The van der Waals surface area contributed by atoms with Gasteiger partial charge in [0.25, 0.3) is 5.91 Å². The zero-order chi connectivity index (χ0) is 16.0. The fourth-order valence-electron chi connectivity index (χ4n) is 3.42. The normalized spacial score (nSPS) is 13.3. The first-order chi connectivity index (χ1) is 11.1. The van der Waals surface area contributed by atoms with Crippen LogP contribution in [0.4, 0.5) is 5.69 Å². The molecule has 4 heteroatoms. The highest BCUT2D eigenvalue weighted by atomic mass is 16.1. The molecular weight excluding hydrogens is 286 g/mol. The second kappa shape index (κ2) is 5.23. The Bertz CT molecular complexity index is 924. The summed E-state index contributed by atoms with van der Waals surface area (Å²) in [7, 11) is 0. The molecule has 1 aliphatic rings. The standard InChI is InChI=1S/C19H19N3O/c1-12-10-13(2)22-9-8-17(18(22)20-12)19(23)21-16-7-6-14-4-3-5-15(14)11-16/h6-11H,3-5H2,1-2H3,(H,21,23). The first-order valence-electron chi connectivity index (χ1n) is 8.00. The molecule has 2 aromatic heterocycles. The van der Waals surface area contributed by atoms with E-state index in [1.54, 1.807) is 0 Å². The summed E-state index contributed by atoms with van der Waals surface area (Å²) in [6, 6.07) is 10.1. The van der Waals surface area contributed by atoms with Gasteiger partial charge < -0.3 is 9.72 Å². The first kappa shape index (κ1) is 14.0. The molecular formula is C19H19N3O. The number of nitrogens with zero attached hydrogens (tertiary/aromatic N) is 2. The zero-order valence-electron chi connectivity index (χ0n) is 13.4. The average molecular weight is 305 g/mol. The number of carbonyl (C=O) groups excluding carboxylic acids is 1. The molecule has 116 valence electrons. The Labute approximate surface area is 135 Å². The number of amides is 1. The molecule has 0 aliphatic heterocycles. The minimum Gasteiger partial charge on any atom is -0.322 e. The van der Waals surface area contributed by atoms with Crippen LogP contribution in [0.3, 0.4) is 0 Å². The topological polar surface area (TPSA) is 46.4 Å². The Balaban J connectivity index is 1.67. The molecule has 0 spiro atoms. The summed E-state index contributed by atoms with van der Waals surface area (Å²) < 4.78 is 1.95. The molecule has 0 saturated carbocycles. The van der Waals surface area contributed by atoms with Crippen molar-refractivity contribution in [1.82, 2.24) is 9.38 Å². The highest BCUT2D eigenvalue weighted by Gasteiger charge is 2.16. The van der Waals surface area contributed by atoms with Gasteiger partial charge in [0, 0.05) is 23.3 Å². The minimum absolute atomic E-state index is 0.108. The van der Waals surface area contributed by atoms with Crippen molar-refractivity contribution in [2.45, 2.75) is 33.1 Å². The fraction of sp³-hybridized carbons (Fsp3) is 0.263. The molecule has 0 saturated heterocycles. The van der Waals surface area contributed by atoms with Crippen LogP contribution in [0.15, 0.2) is 36.5 Å². The number of rotatable bonds is 2. The first-order valence-corrected chi connectivity index (χ1v) is 8.00. The molecule has 1 aromatic carbocycles. The van der Waals surface area contributed by atoms with Crippen molar-refractivity contribution in [2.24, 2.45) is 0 Å². The average Bonchev–Trinajstić information content (AvgIpc) is 3.12. The maximum atomic E-state index is 12.6. The maximum Gasteiger partial charge on any atom is 0.259 e. The predicted octanol–water partition coefficient (Wildman–Crippen LogP) is 3.69. The summed E-state index contributed by atoms with van der Waals surface area (Å²) in [5, 5.41) is 3.01. The maximum absolute atomic E-state index is 12.6. The van der Waals surface area contributed by atoms with Gasteiger partial charge in [-0.2, -0.15) is 0 Å². The van der Waals surface area contributed by atoms with Crippen LogP contribution in [0.1, 0.15) is 39.3 Å². The molecule has 2 heterocycles. The van der Waals surface area contributed by atoms with E-state index in [4.69, 9.17) is 0 Å². The molecule has 0 bridgehead atoms. The molecule has 0 fully saturated rings. The van der Waals surface area contributed by atoms with Crippen LogP contribution in [0.5, 0.6) is 0 Å². The number of hydrogen-bond donors (Lipinski definition) is 1. The van der Waals surface area contributed by atoms with E-state index in [9.17, 15) is 4.79 Å². The minimum atomic E-state index is -0.108. The van der Waals surface area contributed by atoms with Gasteiger partial charge in [-0.05, 0) is 68.5 Å². The van der Waals surface area contributed by atoms with Gasteiger partial charge in [-0.3, -0.25) is 4.79 Å². The summed E-state index contributed by atoms with van der Waals surface area (Å²) in [6.07, 6.45) is 5.36. The second-order valence-corrected chi connectivity index (χ2v) is 6.25. The Morgan fingerprint density at radius 3 is 2.83 bits per heavy atom. The van der Waals surface area contributed by atoms with Gasteiger partial charge in [-0.15, -0.1) is 0 Å². The Morgan fingerprint density at radius 2 is 1.96 bits per heavy atom. The molecule has 0 radical (unpaired) electrons. The van der Waals surface area contributed by atoms with Gasteiger partial charge in [0.15, 0.2) is 0 Å². The van der Waals surface area contributed by atoms with Gasteiger partial charge in [0.2, 0.25) is 0 Å². The molecule has 0 atom stereocenters. The van der Waals surface area contributed by atoms with E-state index in [1.807, 2.05) is 42.6 Å². The summed E-state index contributed by atoms with van der Waals surface area (Å²) in [6.45, 7) is 3.96. The Morgan fingerprint density at radius 1 is 1.13 bits per heavy atom. The van der Waals surface area contributed by atoms with Crippen molar-refractivity contribution in [2.75, 3.05) is 5.32 Å². The van der Waals surface area contributed by atoms with Crippen LogP contribution in [0.2, 0.25) is 0 Å². The SMILES string of the molecule is Cc1cc(C)n2ccc(C(=O)Nc3ccc4c(c3)CCC4)c2n1. The van der Waals surface area contributed by atoms with Gasteiger partial charge in [-0.1, -0.05) is 6.07 Å². The van der Waals surface area contributed by atoms with Gasteiger partial charge in [-0.25, -0.2) is 4.98 Å². The summed E-state index contributed by atoms with van der Waals surface area (Å²) >= 11 is 0. The monoisotopic (exact) mass is 305 g/mol. The number of fused-ring (bicyclic) bond motifs is 2. The third kappa shape index (κ3) is 2.40. The molecule has 0 unspecified atom stereocenters. The van der Waals surface area contributed by atoms with E-state index in [1.165, 1.54) is 17.5 Å². The molecule has 4 nitrogen and oxygen atoms in total. The van der Waals surface area contributed by atoms with Crippen LogP contribution in [0.25, 0.3) is 5.65 Å². The fourth-order valence-corrected chi connectivity index (χ4v) is 3.42. The highest BCUT2D eigenvalue weighted by molar-refractivity contribution is 6.08. The van der Waals surface area contributed by atoms with Crippen molar-refractivity contribution in [3.8, 4) is 0 Å². The van der Waals surface area contributed by atoms with Crippen molar-refractivity contribution in [3.05, 3.63) is 64.6 Å². The molecule has 1 aliphatic carbocycles. The van der Waals surface area contributed by atoms with Crippen LogP contribution in [-0.4, -0.2) is 15.3 Å². The van der Waals surface area contributed by atoms with E-state index in [-0.39, 0.29) is 5.91 Å². The van der Waals surface area contributed by atoms with E-state index in [2.05, 4.69) is 22.4 Å². The Kier molecular flexibility index (Phi) is 3.18. The molecule has 4 rings (SSSR count). The van der Waals surface area contributed by atoms with Gasteiger partial charge in [0.1, 0.15) is 5.65 Å². The zero-order valence-corrected chi connectivity index (χ0v) is 13.4. The Hall–Kier alpha value is -2.62. The lowest BCUT2D eigenvalue weighted by Gasteiger charge is -2.08. The van der Waals surface area contributed by atoms with E-state index < -0.39 is 0 Å². The number of nitrogens with one attached hydrogen (secondary N) is 1. The van der Waals surface area contributed by atoms with Crippen LogP contribution >= 0.6 is 0 Å². The second-order valence-electron chi connectivity index (χ2n) is 6.25. The largest absolute Gasteiger partial charge is 0.322 e. The third-order valence-corrected chi connectivity index (χ3v) is 4.54. The number of aryl methyl sites for hydroxylation is 4. The lowest BCUT2D eigenvalue weighted by molar-refractivity contribution is 0.102. The summed E-state index contributed by atoms with van der Waals surface area (Å²) in [5.41, 5.74) is 6.93. The van der Waals surface area contributed by atoms with E-state index in [0.29, 0.717) is 11.2 Å². The summed E-state index contributed by atoms with van der Waals surface area (Å²) in [4.78, 5) is 17.2. The van der Waals surface area contributed by atoms with E-state index in [0.717, 1.165) is 29.9 Å². The summed E-state index contributed by atoms with van der Waals surface area (Å²) in [5.74, 6) is -0.108. The predicted molar refractivity (Wildman–Crippen MR) is 91.1 cm³/mol. The van der Waals surface area contributed by atoms with Gasteiger partial charge >= 0.3 is 0 Å². The molecule has 1 amide bonds. The van der Waals surface area contributed by atoms with Crippen molar-refractivity contribution < 1.29 is 4.79 Å². The van der Waals surface area contributed by atoms with Crippen molar-refractivity contribution in [1.29, 1.82) is 0 Å². The lowest BCUT2D eigenvalue weighted by atomic mass is 10.1. The van der Waals surface area contributed by atoms with E-state index >= 15 is 0 Å². The third-order valence-electron chi connectivity index (χ3n) is 4.54. The molecule has 23 heavy (non-hydrogen) atoms. The number of anilines is 1. The molecule has 1 N–H and O–H groups in total. The smallest absolute Gasteiger partial charge is 0.259 e.